The van der Waals surface area contributed by atoms with Gasteiger partial charge in [-0.1, -0.05) is 36.7 Å². The van der Waals surface area contributed by atoms with Crippen LogP contribution in [0.25, 0.3) is 0 Å². The highest BCUT2D eigenvalue weighted by Gasteiger charge is 2.29. The van der Waals surface area contributed by atoms with Crippen LogP contribution in [-0.2, 0) is 14.8 Å². The Balaban J connectivity index is 2.34. The fourth-order valence-electron chi connectivity index (χ4n) is 2.62. The highest BCUT2D eigenvalue weighted by Crippen LogP contribution is 2.29. The lowest BCUT2D eigenvalue weighted by atomic mass is 10.2. The Morgan fingerprint density at radius 1 is 1.26 bits per heavy atom. The maximum absolute atomic E-state index is 12.8. The van der Waals surface area contributed by atoms with Crippen molar-refractivity contribution in [3.05, 3.63) is 53.1 Å². The number of para-hydroxylation sites is 1. The Morgan fingerprint density at radius 2 is 1.93 bits per heavy atom. The van der Waals surface area contributed by atoms with Gasteiger partial charge in [-0.3, -0.25) is 9.10 Å². The van der Waals surface area contributed by atoms with E-state index in [1.807, 2.05) is 32.0 Å². The van der Waals surface area contributed by atoms with Crippen molar-refractivity contribution in [1.29, 1.82) is 0 Å². The number of aryl methyl sites for hydroxylation is 1. The summed E-state index contributed by atoms with van der Waals surface area (Å²) < 4.78 is 25.9. The monoisotopic (exact) mass is 426 g/mol. The fraction of sp³-hybridized carbons (Fsp3) is 0.316. The molecule has 146 valence electrons. The molecule has 1 N–H and O–H groups in total. The van der Waals surface area contributed by atoms with Crippen LogP contribution in [0.1, 0.15) is 19.4 Å². The second-order valence-electron chi connectivity index (χ2n) is 6.09. The van der Waals surface area contributed by atoms with Gasteiger partial charge in [-0.15, -0.1) is 11.8 Å². The first-order valence-electron chi connectivity index (χ1n) is 8.43. The Hall–Kier alpha value is -1.70. The molecule has 2 aromatic carbocycles. The third-order valence-electron chi connectivity index (χ3n) is 3.94. The SMILES string of the molecule is CCSc1ccccc1NC(=O)C(C)N(c1ccc(C)c(Cl)c1)S(C)(=O)=O. The number of carbonyl (C=O) groups is 1. The van der Waals surface area contributed by atoms with E-state index in [-0.39, 0.29) is 0 Å². The first-order chi connectivity index (χ1) is 12.6. The molecule has 0 heterocycles. The molecule has 0 saturated heterocycles. The van der Waals surface area contributed by atoms with Crippen molar-refractivity contribution in [1.82, 2.24) is 0 Å². The first kappa shape index (κ1) is 21.6. The molecule has 0 aliphatic heterocycles. The summed E-state index contributed by atoms with van der Waals surface area (Å²) in [6, 6.07) is 11.4. The average Bonchev–Trinajstić information content (AvgIpc) is 2.59. The van der Waals surface area contributed by atoms with Crippen molar-refractivity contribution in [2.45, 2.75) is 31.7 Å². The van der Waals surface area contributed by atoms with Crippen LogP contribution in [-0.4, -0.2) is 32.4 Å². The van der Waals surface area contributed by atoms with Gasteiger partial charge in [-0.2, -0.15) is 0 Å². The number of sulfonamides is 1. The summed E-state index contributed by atoms with van der Waals surface area (Å²) in [5.74, 6) is 0.445. The van der Waals surface area contributed by atoms with Gasteiger partial charge in [0.15, 0.2) is 0 Å². The number of amides is 1. The third kappa shape index (κ3) is 5.40. The smallest absolute Gasteiger partial charge is 0.248 e. The normalized spacial score (nSPS) is 12.5. The molecule has 1 unspecified atom stereocenters. The van der Waals surface area contributed by atoms with E-state index in [1.54, 1.807) is 43.0 Å². The van der Waals surface area contributed by atoms with Crippen LogP contribution in [0.5, 0.6) is 0 Å². The number of hydrogen-bond donors (Lipinski definition) is 1. The van der Waals surface area contributed by atoms with Gasteiger partial charge in [0, 0.05) is 9.92 Å². The zero-order valence-electron chi connectivity index (χ0n) is 15.7. The molecule has 2 rings (SSSR count). The molecule has 5 nitrogen and oxygen atoms in total. The molecular weight excluding hydrogens is 404 g/mol. The topological polar surface area (TPSA) is 66.5 Å². The maximum atomic E-state index is 12.8. The molecule has 1 amide bonds. The van der Waals surface area contributed by atoms with Crippen LogP contribution in [0.2, 0.25) is 5.02 Å². The van der Waals surface area contributed by atoms with Gasteiger partial charge < -0.3 is 5.32 Å². The fourth-order valence-corrected chi connectivity index (χ4v) is 4.72. The number of halogens is 1. The van der Waals surface area contributed by atoms with Gasteiger partial charge in [0.1, 0.15) is 6.04 Å². The third-order valence-corrected chi connectivity index (χ3v) is 6.55. The summed E-state index contributed by atoms with van der Waals surface area (Å²) in [5.41, 5.74) is 1.85. The minimum absolute atomic E-state index is 0.354. The molecule has 0 fully saturated rings. The van der Waals surface area contributed by atoms with Crippen molar-refractivity contribution in [2.24, 2.45) is 0 Å². The van der Waals surface area contributed by atoms with Crippen molar-refractivity contribution in [2.75, 3.05) is 21.6 Å². The molecule has 1 atom stereocenters. The van der Waals surface area contributed by atoms with Crippen molar-refractivity contribution in [3.63, 3.8) is 0 Å². The minimum Gasteiger partial charge on any atom is -0.323 e. The molecule has 0 aliphatic rings. The molecule has 0 spiro atoms. The standard InChI is InChI=1S/C19H23ClN2O3S2/c1-5-26-18-9-7-6-8-17(18)21-19(23)14(3)22(27(4,24)25)15-11-10-13(2)16(20)12-15/h6-12,14H,5H2,1-4H3,(H,21,23). The highest BCUT2D eigenvalue weighted by molar-refractivity contribution is 7.99. The predicted molar refractivity (Wildman–Crippen MR) is 114 cm³/mol. The molecule has 0 saturated carbocycles. The lowest BCUT2D eigenvalue weighted by Gasteiger charge is -2.28. The van der Waals surface area contributed by atoms with E-state index in [0.29, 0.717) is 16.4 Å². The van der Waals surface area contributed by atoms with Crippen LogP contribution in [0, 0.1) is 6.92 Å². The summed E-state index contributed by atoms with van der Waals surface area (Å²) >= 11 is 7.76. The Bertz CT molecular complexity index is 932. The van der Waals surface area contributed by atoms with E-state index in [2.05, 4.69) is 5.32 Å². The van der Waals surface area contributed by atoms with Crippen molar-refractivity contribution in [3.8, 4) is 0 Å². The van der Waals surface area contributed by atoms with Gasteiger partial charge >= 0.3 is 0 Å². The number of nitrogens with one attached hydrogen (secondary N) is 1. The Morgan fingerprint density at radius 3 is 2.52 bits per heavy atom. The van der Waals surface area contributed by atoms with E-state index in [1.165, 1.54) is 0 Å². The number of thioether (sulfide) groups is 1. The Labute approximate surface area is 170 Å². The number of anilines is 2. The molecule has 2 aromatic rings. The van der Waals surface area contributed by atoms with Crippen LogP contribution in [0.3, 0.4) is 0 Å². The number of nitrogens with zero attached hydrogens (tertiary/aromatic N) is 1. The van der Waals surface area contributed by atoms with Crippen LogP contribution < -0.4 is 9.62 Å². The van der Waals surface area contributed by atoms with E-state index in [9.17, 15) is 13.2 Å². The zero-order chi connectivity index (χ0) is 20.2. The second-order valence-corrected chi connectivity index (χ2v) is 9.66. The van der Waals surface area contributed by atoms with Gasteiger partial charge in [0.05, 0.1) is 17.6 Å². The van der Waals surface area contributed by atoms with Crippen LogP contribution in [0.4, 0.5) is 11.4 Å². The Kier molecular flexibility index (Phi) is 7.19. The van der Waals surface area contributed by atoms with Crippen LogP contribution in [0.15, 0.2) is 47.4 Å². The minimum atomic E-state index is -3.70. The summed E-state index contributed by atoms with van der Waals surface area (Å²) in [5, 5.41) is 3.29. The molecule has 0 bridgehead atoms. The van der Waals surface area contributed by atoms with Gasteiger partial charge in [-0.25, -0.2) is 8.42 Å². The molecule has 8 heteroatoms. The summed E-state index contributed by atoms with van der Waals surface area (Å²) in [4.78, 5) is 13.8. The number of hydrogen-bond acceptors (Lipinski definition) is 4. The maximum Gasteiger partial charge on any atom is 0.248 e. The van der Waals surface area contributed by atoms with Gasteiger partial charge in [0.25, 0.3) is 0 Å². The van der Waals surface area contributed by atoms with Gasteiger partial charge in [-0.05, 0) is 49.4 Å². The van der Waals surface area contributed by atoms with E-state index in [4.69, 9.17) is 11.6 Å². The lowest BCUT2D eigenvalue weighted by Crippen LogP contribution is -2.45. The number of carbonyl (C=O) groups excluding carboxylic acids is 1. The zero-order valence-corrected chi connectivity index (χ0v) is 18.1. The lowest BCUT2D eigenvalue weighted by molar-refractivity contribution is -0.116. The molecular formula is C19H23ClN2O3S2. The summed E-state index contributed by atoms with van der Waals surface area (Å²) in [7, 11) is -3.70. The summed E-state index contributed by atoms with van der Waals surface area (Å²) in [6.07, 6.45) is 1.07. The quantitative estimate of drug-likeness (QED) is 0.659. The predicted octanol–water partition coefficient (Wildman–Crippen LogP) is 4.55. The molecule has 0 aromatic heterocycles. The largest absolute Gasteiger partial charge is 0.323 e. The molecule has 0 aliphatic carbocycles. The van der Waals surface area contributed by atoms with Crippen molar-refractivity contribution < 1.29 is 13.2 Å². The van der Waals surface area contributed by atoms with Gasteiger partial charge in [0.2, 0.25) is 15.9 Å². The van der Waals surface area contributed by atoms with E-state index < -0.39 is 22.0 Å². The second kappa shape index (κ2) is 8.99. The molecule has 0 radical (unpaired) electrons. The average molecular weight is 427 g/mol. The number of benzene rings is 2. The van der Waals surface area contributed by atoms with Crippen molar-refractivity contribution >= 4 is 50.7 Å². The van der Waals surface area contributed by atoms with Crippen LogP contribution >= 0.6 is 23.4 Å². The summed E-state index contributed by atoms with van der Waals surface area (Å²) in [6.45, 7) is 5.41. The van der Waals surface area contributed by atoms with E-state index in [0.717, 1.165) is 26.8 Å². The van der Waals surface area contributed by atoms with E-state index >= 15 is 0 Å². The number of rotatable bonds is 7. The highest BCUT2D eigenvalue weighted by atomic mass is 35.5. The first-order valence-corrected chi connectivity index (χ1v) is 11.6. The molecule has 27 heavy (non-hydrogen) atoms.